The molecule has 1 aliphatic heterocycles. The molecule has 1 aromatic carbocycles. The van der Waals surface area contributed by atoms with Crippen molar-refractivity contribution in [3.05, 3.63) is 23.8 Å². The van der Waals surface area contributed by atoms with Crippen molar-refractivity contribution in [2.24, 2.45) is 4.99 Å². The van der Waals surface area contributed by atoms with E-state index in [0.717, 1.165) is 55.4 Å². The molecule has 2 unspecified atom stereocenters. The van der Waals surface area contributed by atoms with Crippen molar-refractivity contribution in [2.45, 2.75) is 65.5 Å². The van der Waals surface area contributed by atoms with E-state index in [1.54, 1.807) is 7.05 Å². The monoisotopic (exact) mass is 546 g/mol. The summed E-state index contributed by atoms with van der Waals surface area (Å²) in [6.45, 7) is 11.0. The standard InChI is InChI=1S/C23H38N4O3.HI/c1-6-19(27-15-9-10-22(27)28)13-14-25-23(24-5)26-17(4)18-11-12-20(29-7-2)21(16-18)30-8-3;/h11-12,16-17,19H,6-10,13-15H2,1-5H3,(H2,24,25,26);1H. The van der Waals surface area contributed by atoms with Crippen LogP contribution in [0, 0.1) is 0 Å². The maximum absolute atomic E-state index is 12.0. The molecule has 0 saturated carbocycles. The van der Waals surface area contributed by atoms with E-state index in [-0.39, 0.29) is 30.0 Å². The molecule has 0 spiro atoms. The first-order valence-electron chi connectivity index (χ1n) is 11.2. The van der Waals surface area contributed by atoms with E-state index in [2.05, 4.69) is 29.5 Å². The zero-order valence-electron chi connectivity index (χ0n) is 19.6. The molecule has 0 radical (unpaired) electrons. The molecule has 8 heteroatoms. The summed E-state index contributed by atoms with van der Waals surface area (Å²) < 4.78 is 11.4. The Balaban J connectivity index is 0.00000480. The number of guanidine groups is 1. The Kier molecular flexibility index (Phi) is 12.7. The number of halogens is 1. The first-order valence-corrected chi connectivity index (χ1v) is 11.2. The molecule has 2 N–H and O–H groups in total. The molecule has 31 heavy (non-hydrogen) atoms. The number of carbonyl (C=O) groups is 1. The summed E-state index contributed by atoms with van der Waals surface area (Å²) in [5.74, 6) is 2.56. The maximum Gasteiger partial charge on any atom is 0.222 e. The van der Waals surface area contributed by atoms with Crippen LogP contribution in [0.3, 0.4) is 0 Å². The smallest absolute Gasteiger partial charge is 0.222 e. The number of hydrogen-bond donors (Lipinski definition) is 2. The predicted molar refractivity (Wildman–Crippen MR) is 137 cm³/mol. The molecule has 1 aliphatic rings. The second-order valence-corrected chi connectivity index (χ2v) is 7.48. The summed E-state index contributed by atoms with van der Waals surface area (Å²) in [5, 5.41) is 6.83. The highest BCUT2D eigenvalue weighted by molar-refractivity contribution is 14.0. The van der Waals surface area contributed by atoms with Crippen molar-refractivity contribution in [3.63, 3.8) is 0 Å². The van der Waals surface area contributed by atoms with Crippen LogP contribution in [0.5, 0.6) is 11.5 Å². The van der Waals surface area contributed by atoms with Gasteiger partial charge in [0, 0.05) is 32.6 Å². The predicted octanol–water partition coefficient (Wildman–Crippen LogP) is 4.12. The fourth-order valence-corrected chi connectivity index (χ4v) is 3.81. The summed E-state index contributed by atoms with van der Waals surface area (Å²) >= 11 is 0. The highest BCUT2D eigenvalue weighted by atomic mass is 127. The molecule has 1 saturated heterocycles. The third-order valence-corrected chi connectivity index (χ3v) is 5.44. The molecule has 7 nitrogen and oxygen atoms in total. The third kappa shape index (κ3) is 8.05. The zero-order chi connectivity index (χ0) is 21.9. The van der Waals surface area contributed by atoms with E-state index in [0.29, 0.717) is 31.6 Å². The van der Waals surface area contributed by atoms with Crippen molar-refractivity contribution in [1.29, 1.82) is 0 Å². The van der Waals surface area contributed by atoms with Crippen molar-refractivity contribution in [3.8, 4) is 11.5 Å². The average Bonchev–Trinajstić information content (AvgIpc) is 3.17. The molecule has 0 bridgehead atoms. The number of carbonyl (C=O) groups excluding carboxylic acids is 1. The van der Waals surface area contributed by atoms with Crippen LogP contribution in [0.4, 0.5) is 0 Å². The summed E-state index contributed by atoms with van der Waals surface area (Å²) in [4.78, 5) is 18.4. The van der Waals surface area contributed by atoms with Gasteiger partial charge in [-0.15, -0.1) is 24.0 Å². The van der Waals surface area contributed by atoms with Gasteiger partial charge in [0.25, 0.3) is 0 Å². The first-order chi connectivity index (χ1) is 14.5. The number of nitrogens with zero attached hydrogens (tertiary/aromatic N) is 2. The third-order valence-electron chi connectivity index (χ3n) is 5.44. The van der Waals surface area contributed by atoms with Gasteiger partial charge in [0.15, 0.2) is 17.5 Å². The van der Waals surface area contributed by atoms with Crippen LogP contribution < -0.4 is 20.1 Å². The van der Waals surface area contributed by atoms with E-state index < -0.39 is 0 Å². The van der Waals surface area contributed by atoms with Crippen molar-refractivity contribution in [2.75, 3.05) is 33.4 Å². The van der Waals surface area contributed by atoms with Gasteiger partial charge < -0.3 is 25.0 Å². The largest absolute Gasteiger partial charge is 0.490 e. The fourth-order valence-electron chi connectivity index (χ4n) is 3.81. The molecular formula is C23H39IN4O3. The quantitative estimate of drug-likeness (QED) is 0.248. The molecule has 0 aromatic heterocycles. The van der Waals surface area contributed by atoms with Crippen LogP contribution in [-0.2, 0) is 4.79 Å². The lowest BCUT2D eigenvalue weighted by Gasteiger charge is -2.27. The second kappa shape index (κ2) is 14.4. The Hall–Kier alpha value is -1.71. The topological polar surface area (TPSA) is 75.2 Å². The van der Waals surface area contributed by atoms with Gasteiger partial charge in [-0.25, -0.2) is 0 Å². The van der Waals surface area contributed by atoms with Crippen LogP contribution >= 0.6 is 24.0 Å². The number of benzene rings is 1. The van der Waals surface area contributed by atoms with E-state index >= 15 is 0 Å². The Morgan fingerprint density at radius 2 is 1.90 bits per heavy atom. The summed E-state index contributed by atoms with van der Waals surface area (Å²) in [7, 11) is 1.77. The minimum absolute atomic E-state index is 0. The normalized spacial score (nSPS) is 15.8. The van der Waals surface area contributed by atoms with Gasteiger partial charge in [0.2, 0.25) is 5.91 Å². The second-order valence-electron chi connectivity index (χ2n) is 7.48. The minimum atomic E-state index is 0. The Bertz CT molecular complexity index is 714. The van der Waals surface area contributed by atoms with Gasteiger partial charge in [-0.3, -0.25) is 9.79 Å². The van der Waals surface area contributed by atoms with Gasteiger partial charge in [-0.1, -0.05) is 13.0 Å². The number of nitrogens with one attached hydrogen (secondary N) is 2. The highest BCUT2D eigenvalue weighted by Gasteiger charge is 2.26. The van der Waals surface area contributed by atoms with E-state index in [1.165, 1.54) is 0 Å². The Morgan fingerprint density at radius 1 is 1.19 bits per heavy atom. The van der Waals surface area contributed by atoms with Gasteiger partial charge in [0.05, 0.1) is 19.3 Å². The number of amides is 1. The van der Waals surface area contributed by atoms with Crippen molar-refractivity contribution >= 4 is 35.8 Å². The van der Waals surface area contributed by atoms with Crippen LogP contribution in [0.15, 0.2) is 23.2 Å². The number of aliphatic imine (C=N–C) groups is 1. The van der Waals surface area contributed by atoms with Crippen molar-refractivity contribution in [1.82, 2.24) is 15.5 Å². The number of ether oxygens (including phenoxy) is 2. The van der Waals surface area contributed by atoms with Crippen molar-refractivity contribution < 1.29 is 14.3 Å². The summed E-state index contributed by atoms with van der Waals surface area (Å²) in [6.07, 6.45) is 3.56. The summed E-state index contributed by atoms with van der Waals surface area (Å²) in [5.41, 5.74) is 1.10. The first kappa shape index (κ1) is 27.3. The molecule has 1 heterocycles. The SMILES string of the molecule is CCOc1ccc(C(C)NC(=NC)NCCC(CC)N2CCCC2=O)cc1OCC.I. The molecule has 1 amide bonds. The molecular weight excluding hydrogens is 507 g/mol. The zero-order valence-corrected chi connectivity index (χ0v) is 21.9. The van der Waals surface area contributed by atoms with Gasteiger partial charge in [-0.2, -0.15) is 0 Å². The molecule has 2 atom stereocenters. The van der Waals surface area contributed by atoms with Gasteiger partial charge in [-0.05, 0) is 57.7 Å². The average molecular weight is 546 g/mol. The van der Waals surface area contributed by atoms with E-state index in [9.17, 15) is 4.79 Å². The Labute approximate surface area is 204 Å². The maximum atomic E-state index is 12.0. The van der Waals surface area contributed by atoms with E-state index in [1.807, 2.05) is 36.9 Å². The van der Waals surface area contributed by atoms with Crippen LogP contribution in [0.1, 0.15) is 65.0 Å². The number of likely N-dealkylation sites (tertiary alicyclic amines) is 1. The van der Waals surface area contributed by atoms with Crippen LogP contribution in [0.2, 0.25) is 0 Å². The minimum Gasteiger partial charge on any atom is -0.490 e. The number of hydrogen-bond acceptors (Lipinski definition) is 4. The number of rotatable bonds is 11. The lowest BCUT2D eigenvalue weighted by atomic mass is 10.1. The molecule has 1 aromatic rings. The summed E-state index contributed by atoms with van der Waals surface area (Å²) in [6, 6.07) is 6.36. The Morgan fingerprint density at radius 3 is 2.48 bits per heavy atom. The molecule has 176 valence electrons. The fraction of sp³-hybridized carbons (Fsp3) is 0.652. The lowest BCUT2D eigenvalue weighted by molar-refractivity contribution is -0.129. The van der Waals surface area contributed by atoms with Crippen LogP contribution in [0.25, 0.3) is 0 Å². The van der Waals surface area contributed by atoms with Gasteiger partial charge >= 0.3 is 0 Å². The lowest BCUT2D eigenvalue weighted by Crippen LogP contribution is -2.42. The van der Waals surface area contributed by atoms with Crippen LogP contribution in [-0.4, -0.2) is 56.2 Å². The van der Waals surface area contributed by atoms with E-state index in [4.69, 9.17) is 9.47 Å². The molecule has 1 fully saturated rings. The molecule has 2 rings (SSSR count). The molecule has 0 aliphatic carbocycles. The van der Waals surface area contributed by atoms with Gasteiger partial charge in [0.1, 0.15) is 0 Å². The highest BCUT2D eigenvalue weighted by Crippen LogP contribution is 2.30.